The molecule has 0 saturated carbocycles. The average molecular weight is 440 g/mol. The van der Waals surface area contributed by atoms with E-state index in [1.54, 1.807) is 13.8 Å². The maximum absolute atomic E-state index is 11.5. The Morgan fingerprint density at radius 3 is 2.06 bits per heavy atom. The normalized spacial score (nSPS) is 10.9. The van der Waals surface area contributed by atoms with Gasteiger partial charge in [0.05, 0.1) is 0 Å². The largest absolute Gasteiger partial charge is 0.480 e. The van der Waals surface area contributed by atoms with E-state index in [1.165, 1.54) is 17.3 Å². The first-order chi connectivity index (χ1) is 14.6. The highest BCUT2D eigenvalue weighted by Gasteiger charge is 2.28. The number of carboxylic acids is 1. The van der Waals surface area contributed by atoms with E-state index in [4.69, 9.17) is 5.73 Å². The first-order valence-electron chi connectivity index (χ1n) is 9.98. The number of aryl methyl sites for hydroxylation is 1. The van der Waals surface area contributed by atoms with Gasteiger partial charge < -0.3 is 15.4 Å². The van der Waals surface area contributed by atoms with Crippen molar-refractivity contribution in [1.29, 1.82) is 0 Å². The summed E-state index contributed by atoms with van der Waals surface area (Å²) in [7, 11) is 0. The predicted octanol–water partition coefficient (Wildman–Crippen LogP) is 4.93. The van der Waals surface area contributed by atoms with Crippen molar-refractivity contribution in [1.82, 2.24) is 9.55 Å². The zero-order valence-electron chi connectivity index (χ0n) is 18.5. The van der Waals surface area contributed by atoms with Crippen LogP contribution in [0.2, 0.25) is 0 Å². The summed E-state index contributed by atoms with van der Waals surface area (Å²) in [5, 5.41) is 9.21. The maximum Gasteiger partial charge on any atom is 0.319 e. The van der Waals surface area contributed by atoms with Gasteiger partial charge in [0, 0.05) is 22.7 Å². The molecule has 0 radical (unpaired) electrons. The number of carbonyl (C=O) groups excluding carboxylic acids is 1. The predicted molar refractivity (Wildman–Crippen MR) is 125 cm³/mol. The topological polar surface area (TPSA) is 98.2 Å². The molecule has 164 valence electrons. The minimum Gasteiger partial charge on any atom is -0.480 e. The first-order valence-corrected chi connectivity index (χ1v) is 10.8. The second kappa shape index (κ2) is 10.3. The summed E-state index contributed by atoms with van der Waals surface area (Å²) < 4.78 is 1.03. The molecule has 3 rings (SSSR count). The van der Waals surface area contributed by atoms with E-state index in [2.05, 4.69) is 24.0 Å². The lowest BCUT2D eigenvalue weighted by Crippen LogP contribution is -2.26. The van der Waals surface area contributed by atoms with Crippen molar-refractivity contribution in [2.24, 2.45) is 5.73 Å². The van der Waals surface area contributed by atoms with E-state index in [9.17, 15) is 14.7 Å². The number of hydrogen-bond donors (Lipinski definition) is 2. The van der Waals surface area contributed by atoms with Gasteiger partial charge in [0.1, 0.15) is 16.3 Å². The number of nitrogens with two attached hydrogens (primary N) is 1. The third kappa shape index (κ3) is 6.21. The third-order valence-corrected chi connectivity index (χ3v) is 5.90. The second-order valence-electron chi connectivity index (χ2n) is 7.57. The van der Waals surface area contributed by atoms with Crippen LogP contribution in [0, 0.1) is 13.8 Å². The summed E-state index contributed by atoms with van der Waals surface area (Å²) in [6, 6.07) is 17.7. The van der Waals surface area contributed by atoms with E-state index in [1.807, 2.05) is 60.9 Å². The number of aliphatic carboxylic acids is 1. The molecule has 0 bridgehead atoms. The number of thioether (sulfide) groups is 1. The molecule has 0 saturated heterocycles. The number of nitrogens with zero attached hydrogens (tertiary/aromatic N) is 2. The van der Waals surface area contributed by atoms with Crippen LogP contribution >= 0.6 is 11.8 Å². The quantitative estimate of drug-likeness (QED) is 0.531. The third-order valence-electron chi connectivity index (χ3n) is 4.71. The van der Waals surface area contributed by atoms with Gasteiger partial charge in [-0.05, 0) is 46.8 Å². The Morgan fingerprint density at radius 1 is 1.06 bits per heavy atom. The monoisotopic (exact) mass is 439 g/mol. The average Bonchev–Trinajstić information content (AvgIpc) is 3.06. The number of rotatable bonds is 6. The molecule has 0 unspecified atom stereocenters. The van der Waals surface area contributed by atoms with Gasteiger partial charge in [0.25, 0.3) is 5.91 Å². The number of primary amides is 1. The lowest BCUT2D eigenvalue weighted by atomic mass is 10.2. The van der Waals surface area contributed by atoms with Gasteiger partial charge in [-0.3, -0.25) is 9.59 Å². The molecule has 0 atom stereocenters. The van der Waals surface area contributed by atoms with Crippen molar-refractivity contribution in [3.05, 3.63) is 71.5 Å². The number of carbonyl (C=O) groups is 2. The van der Waals surface area contributed by atoms with Gasteiger partial charge >= 0.3 is 5.97 Å². The smallest absolute Gasteiger partial charge is 0.319 e. The van der Waals surface area contributed by atoms with Crippen LogP contribution in [0.5, 0.6) is 0 Å². The Bertz CT molecular complexity index is 1040. The van der Waals surface area contributed by atoms with E-state index >= 15 is 0 Å². The van der Waals surface area contributed by atoms with Crippen LogP contribution in [0.4, 0.5) is 0 Å². The van der Waals surface area contributed by atoms with E-state index in [0.29, 0.717) is 12.4 Å². The summed E-state index contributed by atoms with van der Waals surface area (Å²) in [4.78, 5) is 27.9. The van der Waals surface area contributed by atoms with E-state index in [0.717, 1.165) is 16.2 Å². The molecule has 3 N–H and O–H groups in total. The van der Waals surface area contributed by atoms with Gasteiger partial charge in [-0.15, -0.1) is 11.8 Å². The molecular formula is C24H29N3O3S. The first kappa shape index (κ1) is 24.2. The summed E-state index contributed by atoms with van der Waals surface area (Å²) in [6.45, 7) is 9.88. The molecule has 0 aliphatic carbocycles. The molecule has 0 spiro atoms. The number of hydrogen-bond acceptors (Lipinski definition) is 4. The van der Waals surface area contributed by atoms with Crippen molar-refractivity contribution < 1.29 is 14.7 Å². The van der Waals surface area contributed by atoms with Crippen LogP contribution in [0.1, 0.15) is 42.5 Å². The van der Waals surface area contributed by atoms with Crippen LogP contribution in [0.3, 0.4) is 0 Å². The van der Waals surface area contributed by atoms with Crippen molar-refractivity contribution in [3.8, 4) is 11.4 Å². The number of imidazole rings is 1. The number of aromatic nitrogens is 2. The lowest BCUT2D eigenvalue weighted by molar-refractivity contribution is -0.138. The van der Waals surface area contributed by atoms with Gasteiger partial charge in [-0.25, -0.2) is 4.98 Å². The summed E-state index contributed by atoms with van der Waals surface area (Å²) in [6.07, 6.45) is 0. The summed E-state index contributed by atoms with van der Waals surface area (Å²) >= 11 is 1.28. The molecule has 1 aromatic heterocycles. The van der Waals surface area contributed by atoms with Crippen molar-refractivity contribution in [2.45, 2.75) is 50.8 Å². The van der Waals surface area contributed by atoms with E-state index < -0.39 is 16.6 Å². The highest BCUT2D eigenvalue weighted by molar-refractivity contribution is 8.01. The Balaban J connectivity index is 0.000000412. The zero-order valence-corrected chi connectivity index (χ0v) is 19.4. The number of carboxylic acid groups (broad SMARTS) is 1. The van der Waals surface area contributed by atoms with Crippen molar-refractivity contribution in [3.63, 3.8) is 0 Å². The Hall–Kier alpha value is -3.06. The van der Waals surface area contributed by atoms with Gasteiger partial charge in [0.15, 0.2) is 0 Å². The fourth-order valence-corrected chi connectivity index (χ4v) is 3.87. The number of benzene rings is 2. The number of amides is 1. The minimum absolute atomic E-state index is 0.275. The Morgan fingerprint density at radius 2 is 1.65 bits per heavy atom. The second-order valence-corrected chi connectivity index (χ2v) is 9.27. The molecule has 0 fully saturated rings. The van der Waals surface area contributed by atoms with Gasteiger partial charge in [-0.2, -0.15) is 0 Å². The Kier molecular flexibility index (Phi) is 8.05. The molecule has 1 heterocycles. The van der Waals surface area contributed by atoms with E-state index in [-0.39, 0.29) is 5.69 Å². The fourth-order valence-electron chi connectivity index (χ4n) is 2.92. The molecule has 31 heavy (non-hydrogen) atoms. The molecule has 0 aliphatic heterocycles. The van der Waals surface area contributed by atoms with Crippen LogP contribution in [0.25, 0.3) is 11.4 Å². The molecule has 0 aliphatic rings. The van der Waals surface area contributed by atoms with Gasteiger partial charge in [-0.1, -0.05) is 48.0 Å². The van der Waals surface area contributed by atoms with Crippen LogP contribution in [-0.2, 0) is 11.3 Å². The molecule has 3 aromatic rings. The fraction of sp³-hybridized carbons (Fsp3) is 0.292. The van der Waals surface area contributed by atoms with Gasteiger partial charge in [0.2, 0.25) is 0 Å². The summed E-state index contributed by atoms with van der Waals surface area (Å²) in [5.74, 6) is -0.728. The van der Waals surface area contributed by atoms with Crippen LogP contribution in [0.15, 0.2) is 59.5 Å². The standard InChI is InChI=1S/C17H21N3O3S.C7H8/c1-5-20-10(2)13(14(18)21)19-15(20)11-6-8-12(9-7-11)24-17(3,4)16(22)23;1-7-5-3-2-4-6-7/h6-9H,5H2,1-4H3,(H2,18,21)(H,22,23);2-6H,1H3. The molecule has 6 nitrogen and oxygen atoms in total. The van der Waals surface area contributed by atoms with Crippen LogP contribution < -0.4 is 5.73 Å². The molecule has 2 aromatic carbocycles. The maximum atomic E-state index is 11.5. The van der Waals surface area contributed by atoms with Crippen molar-refractivity contribution in [2.75, 3.05) is 0 Å². The SMILES string of the molecule is CCn1c(-c2ccc(SC(C)(C)C(=O)O)cc2)nc(C(N)=O)c1C.Cc1ccccc1. The lowest BCUT2D eigenvalue weighted by Gasteiger charge is -2.18. The molecule has 1 amide bonds. The van der Waals surface area contributed by atoms with Crippen LogP contribution in [-0.4, -0.2) is 31.3 Å². The van der Waals surface area contributed by atoms with Crippen molar-refractivity contribution >= 4 is 23.6 Å². The minimum atomic E-state index is -0.904. The Labute approximate surface area is 187 Å². The summed E-state index contributed by atoms with van der Waals surface area (Å²) in [5.41, 5.74) is 8.57. The highest BCUT2D eigenvalue weighted by atomic mass is 32.2. The highest BCUT2D eigenvalue weighted by Crippen LogP contribution is 2.34. The molecular weight excluding hydrogens is 410 g/mol. The molecule has 7 heteroatoms. The zero-order chi connectivity index (χ0) is 23.2.